The van der Waals surface area contributed by atoms with Gasteiger partial charge in [-0.2, -0.15) is 0 Å². The summed E-state index contributed by atoms with van der Waals surface area (Å²) in [5, 5.41) is 4.28. The van der Waals surface area contributed by atoms with Crippen LogP contribution in [0.5, 0.6) is 5.75 Å². The van der Waals surface area contributed by atoms with Gasteiger partial charge in [-0.1, -0.05) is 12.1 Å². The zero-order chi connectivity index (χ0) is 16.8. The average molecular weight is 343 g/mol. The molecule has 0 saturated heterocycles. The lowest BCUT2D eigenvalue weighted by Gasteiger charge is -2.10. The number of alkyl halides is 1. The number of halogens is 1. The number of aromatic nitrogens is 2. The molecule has 3 rings (SSSR count). The van der Waals surface area contributed by atoms with Crippen LogP contribution in [0.3, 0.4) is 0 Å². The fourth-order valence-corrected chi connectivity index (χ4v) is 2.56. The highest BCUT2D eigenvalue weighted by Gasteiger charge is 2.04. The Bertz CT molecular complexity index is 825. The van der Waals surface area contributed by atoms with Crippen molar-refractivity contribution in [2.75, 3.05) is 30.1 Å². The van der Waals surface area contributed by atoms with E-state index in [1.807, 2.05) is 36.4 Å². The number of nitrogens with one attached hydrogen (secondary N) is 1. The van der Waals surface area contributed by atoms with Gasteiger partial charge in [-0.25, -0.2) is 9.97 Å². The molecule has 0 fully saturated rings. The van der Waals surface area contributed by atoms with Gasteiger partial charge in [0.2, 0.25) is 0 Å². The summed E-state index contributed by atoms with van der Waals surface area (Å²) in [6, 6.07) is 13.7. The molecule has 1 heterocycles. The van der Waals surface area contributed by atoms with Gasteiger partial charge in [-0.05, 0) is 42.3 Å². The van der Waals surface area contributed by atoms with Gasteiger partial charge >= 0.3 is 0 Å². The predicted octanol–water partition coefficient (Wildman–Crippen LogP) is 3.48. The van der Waals surface area contributed by atoms with Crippen molar-refractivity contribution in [3.05, 3.63) is 54.4 Å². The lowest BCUT2D eigenvalue weighted by atomic mass is 10.1. The Morgan fingerprint density at radius 3 is 2.92 bits per heavy atom. The largest absolute Gasteiger partial charge is 0.492 e. The molecule has 3 aromatic rings. The minimum absolute atomic E-state index is 0.482. The average Bonchev–Trinajstić information content (AvgIpc) is 2.61. The molecule has 0 amide bonds. The van der Waals surface area contributed by atoms with Crippen molar-refractivity contribution in [2.24, 2.45) is 0 Å². The fraction of sp³-hybridized carbons (Fsp3) is 0.222. The molecule has 0 aliphatic carbocycles. The van der Waals surface area contributed by atoms with Gasteiger partial charge in [0.05, 0.1) is 11.4 Å². The van der Waals surface area contributed by atoms with Crippen molar-refractivity contribution in [2.45, 2.75) is 6.42 Å². The topological polar surface area (TPSA) is 73.1 Å². The molecule has 124 valence electrons. The number of rotatable bonds is 7. The van der Waals surface area contributed by atoms with E-state index >= 15 is 0 Å². The lowest BCUT2D eigenvalue weighted by Crippen LogP contribution is -2.07. The molecule has 0 radical (unpaired) electrons. The first kappa shape index (κ1) is 16.3. The maximum atomic E-state index is 5.86. The van der Waals surface area contributed by atoms with E-state index in [4.69, 9.17) is 22.1 Å². The third-order valence-electron chi connectivity index (χ3n) is 3.61. The van der Waals surface area contributed by atoms with Gasteiger partial charge in [-0.15, -0.1) is 11.6 Å². The van der Waals surface area contributed by atoms with E-state index in [0.29, 0.717) is 18.2 Å². The smallest absolute Gasteiger partial charge is 0.137 e. The zero-order valence-corrected chi connectivity index (χ0v) is 14.0. The molecule has 0 aliphatic rings. The van der Waals surface area contributed by atoms with Crippen LogP contribution >= 0.6 is 11.6 Å². The lowest BCUT2D eigenvalue weighted by molar-refractivity contribution is 0.342. The Balaban J connectivity index is 1.65. The van der Waals surface area contributed by atoms with Gasteiger partial charge in [0.15, 0.2) is 0 Å². The quantitative estimate of drug-likeness (QED) is 0.508. The molecule has 24 heavy (non-hydrogen) atoms. The summed E-state index contributed by atoms with van der Waals surface area (Å²) in [5.74, 6) is 2.12. The van der Waals surface area contributed by atoms with Gasteiger partial charge in [-0.3, -0.25) is 0 Å². The monoisotopic (exact) mass is 342 g/mol. The van der Waals surface area contributed by atoms with Crippen LogP contribution in [0.15, 0.2) is 48.8 Å². The molecule has 5 nitrogen and oxygen atoms in total. The minimum atomic E-state index is 0.482. The number of nitrogens with zero attached hydrogens (tertiary/aromatic N) is 2. The molecule has 0 atom stereocenters. The number of ether oxygens (including phenoxy) is 1. The van der Waals surface area contributed by atoms with Gasteiger partial charge in [0, 0.05) is 17.6 Å². The van der Waals surface area contributed by atoms with E-state index in [1.165, 1.54) is 5.56 Å². The zero-order valence-electron chi connectivity index (χ0n) is 13.2. The Morgan fingerprint density at radius 2 is 2.04 bits per heavy atom. The molecule has 2 aromatic carbocycles. The van der Waals surface area contributed by atoms with Crippen LogP contribution in [-0.2, 0) is 6.42 Å². The van der Waals surface area contributed by atoms with Crippen molar-refractivity contribution < 1.29 is 4.74 Å². The number of benzene rings is 2. The fourth-order valence-electron chi connectivity index (χ4n) is 2.49. The molecule has 0 spiro atoms. The van der Waals surface area contributed by atoms with Crippen LogP contribution in [0.1, 0.15) is 5.56 Å². The number of hydrogen-bond donors (Lipinski definition) is 2. The van der Waals surface area contributed by atoms with Crippen LogP contribution in [0, 0.1) is 0 Å². The van der Waals surface area contributed by atoms with E-state index in [0.717, 1.165) is 35.4 Å². The van der Waals surface area contributed by atoms with Crippen molar-refractivity contribution >= 4 is 34.0 Å². The molecule has 1 aromatic heterocycles. The van der Waals surface area contributed by atoms with Gasteiger partial charge in [0.1, 0.15) is 24.5 Å². The first-order chi connectivity index (χ1) is 11.8. The number of fused-ring (bicyclic) bond motifs is 1. The van der Waals surface area contributed by atoms with Crippen LogP contribution < -0.4 is 15.8 Å². The Labute approximate surface area is 145 Å². The van der Waals surface area contributed by atoms with Crippen molar-refractivity contribution in [3.8, 4) is 5.75 Å². The van der Waals surface area contributed by atoms with E-state index in [9.17, 15) is 0 Å². The molecule has 3 N–H and O–H groups in total. The third kappa shape index (κ3) is 4.06. The van der Waals surface area contributed by atoms with Crippen LogP contribution in [0.4, 0.5) is 11.5 Å². The van der Waals surface area contributed by atoms with E-state index in [2.05, 4.69) is 21.4 Å². The highest BCUT2D eigenvalue weighted by atomic mass is 35.5. The van der Waals surface area contributed by atoms with Crippen molar-refractivity contribution in [1.82, 2.24) is 9.97 Å². The molecule has 0 unspecified atom stereocenters. The number of hydrogen-bond acceptors (Lipinski definition) is 5. The molecule has 0 bridgehead atoms. The van der Waals surface area contributed by atoms with Crippen LogP contribution in [0.25, 0.3) is 10.9 Å². The van der Waals surface area contributed by atoms with E-state index in [-0.39, 0.29) is 0 Å². The third-order valence-corrected chi connectivity index (χ3v) is 3.76. The Hall–Kier alpha value is -2.53. The molecule has 0 aliphatic heterocycles. The van der Waals surface area contributed by atoms with Gasteiger partial charge in [0.25, 0.3) is 0 Å². The van der Waals surface area contributed by atoms with Crippen molar-refractivity contribution in [3.63, 3.8) is 0 Å². The molecular formula is C18H19ClN4O. The molecule has 0 saturated carbocycles. The SMILES string of the molecule is Nc1ccc2ncnc(NCCc3cccc(OCCCl)c3)c2c1. The second-order valence-corrected chi connectivity index (χ2v) is 5.74. The van der Waals surface area contributed by atoms with E-state index in [1.54, 1.807) is 6.33 Å². The summed E-state index contributed by atoms with van der Waals surface area (Å²) in [5.41, 5.74) is 8.62. The minimum Gasteiger partial charge on any atom is -0.492 e. The second-order valence-electron chi connectivity index (χ2n) is 5.36. The van der Waals surface area contributed by atoms with Gasteiger partial charge < -0.3 is 15.8 Å². The Morgan fingerprint density at radius 1 is 1.12 bits per heavy atom. The highest BCUT2D eigenvalue weighted by Crippen LogP contribution is 2.21. The summed E-state index contributed by atoms with van der Waals surface area (Å²) in [4.78, 5) is 8.58. The van der Waals surface area contributed by atoms with Crippen LogP contribution in [0.2, 0.25) is 0 Å². The summed E-state index contributed by atoms with van der Waals surface area (Å²) in [6.07, 6.45) is 2.41. The number of nitrogen functional groups attached to an aromatic ring is 1. The first-order valence-corrected chi connectivity index (χ1v) is 8.31. The summed E-state index contributed by atoms with van der Waals surface area (Å²) >= 11 is 5.65. The molecule has 6 heteroatoms. The number of anilines is 2. The summed E-state index contributed by atoms with van der Waals surface area (Å²) in [7, 11) is 0. The second kappa shape index (κ2) is 7.84. The maximum absolute atomic E-state index is 5.86. The normalized spacial score (nSPS) is 10.7. The number of nitrogens with two attached hydrogens (primary N) is 1. The Kier molecular flexibility index (Phi) is 5.33. The maximum Gasteiger partial charge on any atom is 0.137 e. The molecular weight excluding hydrogens is 324 g/mol. The standard InChI is InChI=1S/C18H19ClN4O/c19-7-9-24-15-3-1-2-13(10-15)6-8-21-18-16-11-14(20)4-5-17(16)22-12-23-18/h1-5,10-12H,6-9,20H2,(H,21,22,23). The summed E-state index contributed by atoms with van der Waals surface area (Å²) in [6.45, 7) is 1.26. The van der Waals surface area contributed by atoms with Crippen LogP contribution in [-0.4, -0.2) is 29.0 Å². The van der Waals surface area contributed by atoms with Crippen molar-refractivity contribution in [1.29, 1.82) is 0 Å². The first-order valence-electron chi connectivity index (χ1n) is 7.78. The van der Waals surface area contributed by atoms with E-state index < -0.39 is 0 Å². The summed E-state index contributed by atoms with van der Waals surface area (Å²) < 4.78 is 5.54. The predicted molar refractivity (Wildman–Crippen MR) is 98.8 cm³/mol. The highest BCUT2D eigenvalue weighted by molar-refractivity contribution is 6.18.